The number of nitrogens with one attached hydrogen (secondary N) is 2. The average Bonchev–Trinajstić information content (AvgIpc) is 2.38. The first kappa shape index (κ1) is 17.7. The minimum Gasteiger partial charge on any atom is -0.496 e. The van der Waals surface area contributed by atoms with Crippen LogP contribution >= 0.6 is 12.4 Å². The number of halogens is 1. The fourth-order valence-electron chi connectivity index (χ4n) is 1.69. The van der Waals surface area contributed by atoms with E-state index in [1.165, 1.54) is 5.56 Å². The number of benzene rings is 1. The molecule has 19 heavy (non-hydrogen) atoms. The van der Waals surface area contributed by atoms with Crippen molar-refractivity contribution in [3.63, 3.8) is 0 Å². The molecule has 4 nitrogen and oxygen atoms in total. The molecule has 0 aliphatic rings. The Bertz CT molecular complexity index is 397. The first-order valence-electron chi connectivity index (χ1n) is 6.22. The molecule has 1 aromatic rings. The van der Waals surface area contributed by atoms with Gasteiger partial charge < -0.3 is 15.4 Å². The topological polar surface area (TPSA) is 50.4 Å². The van der Waals surface area contributed by atoms with Gasteiger partial charge in [-0.2, -0.15) is 0 Å². The maximum atomic E-state index is 11.4. The number of aryl methyl sites for hydroxylation is 1. The quantitative estimate of drug-likeness (QED) is 0.802. The van der Waals surface area contributed by atoms with Crippen molar-refractivity contribution in [2.75, 3.05) is 27.2 Å². The molecule has 0 aliphatic heterocycles. The Morgan fingerprint density at radius 2 is 2.05 bits per heavy atom. The lowest BCUT2D eigenvalue weighted by Crippen LogP contribution is -2.28. The summed E-state index contributed by atoms with van der Waals surface area (Å²) in [5.74, 6) is 0.984. The van der Waals surface area contributed by atoms with Gasteiger partial charge in [0.2, 0.25) is 5.91 Å². The summed E-state index contributed by atoms with van der Waals surface area (Å²) < 4.78 is 5.27. The Hall–Kier alpha value is -1.26. The summed E-state index contributed by atoms with van der Waals surface area (Å²) in [6, 6.07) is 6.13. The first-order chi connectivity index (χ1) is 8.67. The van der Waals surface area contributed by atoms with Gasteiger partial charge in [-0.1, -0.05) is 12.1 Å². The van der Waals surface area contributed by atoms with Crippen LogP contribution in [0.2, 0.25) is 0 Å². The molecule has 0 fully saturated rings. The zero-order valence-corrected chi connectivity index (χ0v) is 12.6. The van der Waals surface area contributed by atoms with E-state index in [-0.39, 0.29) is 18.3 Å². The van der Waals surface area contributed by atoms with Crippen LogP contribution in [-0.4, -0.2) is 33.2 Å². The summed E-state index contributed by atoms with van der Waals surface area (Å²) in [5.41, 5.74) is 2.30. The Labute approximate surface area is 121 Å². The first-order valence-corrected chi connectivity index (χ1v) is 6.22. The summed E-state index contributed by atoms with van der Waals surface area (Å²) in [4.78, 5) is 11.4. The number of carbonyl (C=O) groups is 1. The van der Waals surface area contributed by atoms with Crippen LogP contribution < -0.4 is 15.4 Å². The zero-order valence-electron chi connectivity index (χ0n) is 11.8. The molecular weight excluding hydrogens is 264 g/mol. The van der Waals surface area contributed by atoms with Gasteiger partial charge in [-0.25, -0.2) is 0 Å². The number of methoxy groups -OCH3 is 1. The zero-order chi connectivity index (χ0) is 13.4. The van der Waals surface area contributed by atoms with Crippen molar-refractivity contribution in [1.29, 1.82) is 0 Å². The SMILES string of the molecule is CNCCC(=O)NCCc1ccc(C)c(OC)c1.Cl. The molecule has 0 heterocycles. The number of carbonyl (C=O) groups excluding carboxylic acids is 1. The lowest BCUT2D eigenvalue weighted by atomic mass is 10.1. The minimum atomic E-state index is 0. The molecule has 0 aromatic heterocycles. The van der Waals surface area contributed by atoms with E-state index in [1.54, 1.807) is 7.11 Å². The highest BCUT2D eigenvalue weighted by atomic mass is 35.5. The van der Waals surface area contributed by atoms with Gasteiger partial charge in [0.25, 0.3) is 0 Å². The van der Waals surface area contributed by atoms with E-state index in [2.05, 4.69) is 16.7 Å². The maximum Gasteiger partial charge on any atom is 0.221 e. The van der Waals surface area contributed by atoms with Gasteiger partial charge in [-0.3, -0.25) is 4.79 Å². The van der Waals surface area contributed by atoms with E-state index in [4.69, 9.17) is 4.74 Å². The minimum absolute atomic E-state index is 0. The second-order valence-corrected chi connectivity index (χ2v) is 4.26. The van der Waals surface area contributed by atoms with Gasteiger partial charge in [-0.05, 0) is 37.6 Å². The van der Waals surface area contributed by atoms with Gasteiger partial charge in [0.05, 0.1) is 7.11 Å². The number of ether oxygens (including phenoxy) is 1. The smallest absolute Gasteiger partial charge is 0.221 e. The molecular formula is C14H23ClN2O2. The van der Waals surface area contributed by atoms with Crippen molar-refractivity contribution in [3.8, 4) is 5.75 Å². The molecule has 0 saturated heterocycles. The summed E-state index contributed by atoms with van der Waals surface area (Å²) in [6.07, 6.45) is 1.34. The summed E-state index contributed by atoms with van der Waals surface area (Å²) in [6.45, 7) is 3.39. The Morgan fingerprint density at radius 1 is 1.32 bits per heavy atom. The molecule has 0 atom stereocenters. The highest BCUT2D eigenvalue weighted by Gasteiger charge is 2.02. The van der Waals surface area contributed by atoms with Gasteiger partial charge >= 0.3 is 0 Å². The third-order valence-electron chi connectivity index (χ3n) is 2.81. The van der Waals surface area contributed by atoms with E-state index in [1.807, 2.05) is 26.1 Å². The molecule has 1 rings (SSSR count). The normalized spacial score (nSPS) is 9.63. The van der Waals surface area contributed by atoms with Crippen LogP contribution in [-0.2, 0) is 11.2 Å². The van der Waals surface area contributed by atoms with E-state index >= 15 is 0 Å². The van der Waals surface area contributed by atoms with E-state index < -0.39 is 0 Å². The Balaban J connectivity index is 0.00000324. The lowest BCUT2D eigenvalue weighted by molar-refractivity contribution is -0.120. The molecule has 0 unspecified atom stereocenters. The fraction of sp³-hybridized carbons (Fsp3) is 0.500. The van der Waals surface area contributed by atoms with Crippen molar-refractivity contribution in [3.05, 3.63) is 29.3 Å². The molecule has 0 spiro atoms. The molecule has 0 saturated carbocycles. The predicted octanol–water partition coefficient (Wildman–Crippen LogP) is 1.69. The summed E-state index contributed by atoms with van der Waals surface area (Å²) >= 11 is 0. The van der Waals surface area contributed by atoms with Crippen molar-refractivity contribution in [2.45, 2.75) is 19.8 Å². The highest BCUT2D eigenvalue weighted by molar-refractivity contribution is 5.85. The second kappa shape index (κ2) is 9.64. The van der Waals surface area contributed by atoms with Crippen molar-refractivity contribution >= 4 is 18.3 Å². The molecule has 1 amide bonds. The largest absolute Gasteiger partial charge is 0.496 e. The van der Waals surface area contributed by atoms with Crippen LogP contribution in [0, 0.1) is 6.92 Å². The molecule has 2 N–H and O–H groups in total. The highest BCUT2D eigenvalue weighted by Crippen LogP contribution is 2.18. The standard InChI is InChI=1S/C14H22N2O2.ClH/c1-11-4-5-12(10-13(11)18-3)6-9-16-14(17)7-8-15-2;/h4-5,10,15H,6-9H2,1-3H3,(H,16,17);1H. The van der Waals surface area contributed by atoms with Gasteiger partial charge in [0, 0.05) is 19.5 Å². The summed E-state index contributed by atoms with van der Waals surface area (Å²) in [7, 11) is 3.51. The van der Waals surface area contributed by atoms with Crippen molar-refractivity contribution < 1.29 is 9.53 Å². The summed E-state index contributed by atoms with van der Waals surface area (Å²) in [5, 5.41) is 5.85. The van der Waals surface area contributed by atoms with E-state index in [0.29, 0.717) is 19.5 Å². The number of amides is 1. The molecule has 0 aliphatic carbocycles. The third-order valence-corrected chi connectivity index (χ3v) is 2.81. The van der Waals surface area contributed by atoms with Crippen LogP contribution in [0.4, 0.5) is 0 Å². The van der Waals surface area contributed by atoms with Crippen LogP contribution in [0.5, 0.6) is 5.75 Å². The van der Waals surface area contributed by atoms with Crippen molar-refractivity contribution in [1.82, 2.24) is 10.6 Å². The van der Waals surface area contributed by atoms with Gasteiger partial charge in [-0.15, -0.1) is 12.4 Å². The number of hydrogen-bond acceptors (Lipinski definition) is 3. The third kappa shape index (κ3) is 6.45. The predicted molar refractivity (Wildman–Crippen MR) is 80.2 cm³/mol. The molecule has 0 bridgehead atoms. The van der Waals surface area contributed by atoms with Gasteiger partial charge in [0.1, 0.15) is 5.75 Å². The molecule has 0 radical (unpaired) electrons. The monoisotopic (exact) mass is 286 g/mol. The molecule has 5 heteroatoms. The Morgan fingerprint density at radius 3 is 2.68 bits per heavy atom. The average molecular weight is 287 g/mol. The number of hydrogen-bond donors (Lipinski definition) is 2. The molecule has 1 aromatic carbocycles. The fourth-order valence-corrected chi connectivity index (χ4v) is 1.69. The Kier molecular flexibility index (Phi) is 9.00. The van der Waals surface area contributed by atoms with Crippen LogP contribution in [0.15, 0.2) is 18.2 Å². The number of rotatable bonds is 7. The second-order valence-electron chi connectivity index (χ2n) is 4.26. The molecule has 108 valence electrons. The van der Waals surface area contributed by atoms with Crippen molar-refractivity contribution in [2.24, 2.45) is 0 Å². The van der Waals surface area contributed by atoms with Crippen LogP contribution in [0.1, 0.15) is 17.5 Å². The lowest BCUT2D eigenvalue weighted by Gasteiger charge is -2.08. The van der Waals surface area contributed by atoms with E-state index in [9.17, 15) is 4.79 Å². The van der Waals surface area contributed by atoms with Crippen LogP contribution in [0.25, 0.3) is 0 Å². The van der Waals surface area contributed by atoms with Crippen LogP contribution in [0.3, 0.4) is 0 Å². The maximum absolute atomic E-state index is 11.4. The van der Waals surface area contributed by atoms with Gasteiger partial charge in [0.15, 0.2) is 0 Å². The van der Waals surface area contributed by atoms with E-state index in [0.717, 1.165) is 17.7 Å².